The van der Waals surface area contributed by atoms with E-state index < -0.39 is 5.82 Å². The number of halogens is 2. The fraction of sp³-hybridized carbons (Fsp3) is 0.429. The van der Waals surface area contributed by atoms with Crippen molar-refractivity contribution in [3.8, 4) is 5.69 Å². The highest BCUT2D eigenvalue weighted by atomic mass is 35.5. The summed E-state index contributed by atoms with van der Waals surface area (Å²) >= 11 is 6.06. The van der Waals surface area contributed by atoms with E-state index in [-0.39, 0.29) is 11.7 Å². The second-order valence-corrected chi connectivity index (χ2v) is 5.13. The molecule has 1 aromatic carbocycles. The minimum Gasteiger partial charge on any atom is -0.309 e. The molecule has 0 amide bonds. The molecule has 0 fully saturated rings. The molecule has 1 N–H and O–H groups in total. The first-order chi connectivity index (χ1) is 9.56. The molecule has 1 atom stereocenters. The quantitative estimate of drug-likeness (QED) is 0.919. The van der Waals surface area contributed by atoms with Gasteiger partial charge in [-0.15, -0.1) is 5.10 Å². The zero-order chi connectivity index (χ0) is 14.7. The molecule has 20 heavy (non-hydrogen) atoms. The third-order valence-electron chi connectivity index (χ3n) is 3.19. The number of hydrogen-bond donors (Lipinski definition) is 1. The van der Waals surface area contributed by atoms with Gasteiger partial charge in [-0.1, -0.05) is 29.8 Å². The normalized spacial score (nSPS) is 12.7. The lowest BCUT2D eigenvalue weighted by atomic mass is 10.2. The van der Waals surface area contributed by atoms with E-state index in [4.69, 9.17) is 11.6 Å². The van der Waals surface area contributed by atoms with Crippen LogP contribution in [-0.4, -0.2) is 21.5 Å². The van der Waals surface area contributed by atoms with Gasteiger partial charge in [0.05, 0.1) is 16.8 Å². The van der Waals surface area contributed by atoms with Crippen LogP contribution in [0.15, 0.2) is 18.2 Å². The summed E-state index contributed by atoms with van der Waals surface area (Å²) in [7, 11) is 0. The summed E-state index contributed by atoms with van der Waals surface area (Å²) in [6.07, 6.45) is 1.04. The molecular formula is C14H18ClFN4. The second-order valence-electron chi connectivity index (χ2n) is 4.72. The SMILES string of the molecule is CCCNC(C)c1nnn(-c2c(F)cccc2Cl)c1C. The Bertz CT molecular complexity index is 577. The van der Waals surface area contributed by atoms with Crippen molar-refractivity contribution >= 4 is 11.6 Å². The minimum absolute atomic E-state index is 0.0641. The molecule has 0 aliphatic rings. The lowest BCUT2D eigenvalue weighted by Gasteiger charge is -2.12. The molecule has 0 radical (unpaired) electrons. The largest absolute Gasteiger partial charge is 0.309 e. The molecule has 1 unspecified atom stereocenters. The van der Waals surface area contributed by atoms with Gasteiger partial charge in [0.15, 0.2) is 0 Å². The van der Waals surface area contributed by atoms with E-state index in [1.807, 2.05) is 13.8 Å². The van der Waals surface area contributed by atoms with Crippen LogP contribution in [-0.2, 0) is 0 Å². The Morgan fingerprint density at radius 2 is 2.20 bits per heavy atom. The van der Waals surface area contributed by atoms with Crippen molar-refractivity contribution in [1.29, 1.82) is 0 Å². The van der Waals surface area contributed by atoms with E-state index in [9.17, 15) is 4.39 Å². The Kier molecular flexibility index (Phi) is 4.73. The molecule has 1 heterocycles. The highest BCUT2D eigenvalue weighted by Gasteiger charge is 2.19. The Labute approximate surface area is 122 Å². The van der Waals surface area contributed by atoms with Gasteiger partial charge in [0, 0.05) is 0 Å². The van der Waals surface area contributed by atoms with Gasteiger partial charge in [-0.3, -0.25) is 0 Å². The molecule has 0 aliphatic carbocycles. The molecule has 0 bridgehead atoms. The average Bonchev–Trinajstić information content (AvgIpc) is 2.78. The maximum atomic E-state index is 13.9. The molecule has 6 heteroatoms. The highest BCUT2D eigenvalue weighted by molar-refractivity contribution is 6.32. The van der Waals surface area contributed by atoms with Crippen molar-refractivity contribution in [2.45, 2.75) is 33.2 Å². The second kappa shape index (κ2) is 6.33. The van der Waals surface area contributed by atoms with E-state index in [2.05, 4.69) is 22.6 Å². The number of hydrogen-bond acceptors (Lipinski definition) is 3. The molecule has 2 rings (SSSR count). The van der Waals surface area contributed by atoms with Crippen molar-refractivity contribution in [3.05, 3.63) is 40.4 Å². The zero-order valence-electron chi connectivity index (χ0n) is 11.8. The molecule has 0 aliphatic heterocycles. The van der Waals surface area contributed by atoms with Crippen molar-refractivity contribution in [2.24, 2.45) is 0 Å². The zero-order valence-corrected chi connectivity index (χ0v) is 12.6. The predicted octanol–water partition coefficient (Wildman–Crippen LogP) is 3.43. The van der Waals surface area contributed by atoms with E-state index in [0.717, 1.165) is 24.4 Å². The van der Waals surface area contributed by atoms with Crippen molar-refractivity contribution < 1.29 is 4.39 Å². The molecule has 108 valence electrons. The van der Waals surface area contributed by atoms with Crippen molar-refractivity contribution in [2.75, 3.05) is 6.54 Å². The van der Waals surface area contributed by atoms with Crippen LogP contribution in [0.25, 0.3) is 5.69 Å². The van der Waals surface area contributed by atoms with Crippen molar-refractivity contribution in [3.63, 3.8) is 0 Å². The number of para-hydroxylation sites is 1. The van der Waals surface area contributed by atoms with Gasteiger partial charge in [0.25, 0.3) is 0 Å². The van der Waals surface area contributed by atoms with Gasteiger partial charge in [-0.25, -0.2) is 9.07 Å². The van der Waals surface area contributed by atoms with Gasteiger partial charge in [0.1, 0.15) is 17.2 Å². The van der Waals surface area contributed by atoms with Crippen LogP contribution in [0.4, 0.5) is 4.39 Å². The maximum absolute atomic E-state index is 13.9. The third kappa shape index (κ3) is 2.83. The summed E-state index contributed by atoms with van der Waals surface area (Å²) in [5, 5.41) is 11.9. The number of rotatable bonds is 5. The van der Waals surface area contributed by atoms with Crippen LogP contribution >= 0.6 is 11.6 Å². The fourth-order valence-corrected chi connectivity index (χ4v) is 2.35. The third-order valence-corrected chi connectivity index (χ3v) is 3.50. The Morgan fingerprint density at radius 1 is 1.45 bits per heavy atom. The molecule has 2 aromatic rings. The number of nitrogens with zero attached hydrogens (tertiary/aromatic N) is 3. The molecule has 1 aromatic heterocycles. The van der Waals surface area contributed by atoms with Gasteiger partial charge < -0.3 is 5.32 Å². The molecule has 0 saturated carbocycles. The standard InChI is InChI=1S/C14H18ClFN4/c1-4-8-17-9(2)13-10(3)20(19-18-13)14-11(15)6-5-7-12(14)16/h5-7,9,17H,4,8H2,1-3H3. The topological polar surface area (TPSA) is 42.7 Å². The van der Waals surface area contributed by atoms with Gasteiger partial charge >= 0.3 is 0 Å². The summed E-state index contributed by atoms with van der Waals surface area (Å²) in [6.45, 7) is 6.87. The monoisotopic (exact) mass is 296 g/mol. The number of nitrogens with one attached hydrogen (secondary N) is 1. The first kappa shape index (κ1) is 14.9. The van der Waals surface area contributed by atoms with Gasteiger partial charge in [-0.05, 0) is 38.9 Å². The van der Waals surface area contributed by atoms with Crippen molar-refractivity contribution in [1.82, 2.24) is 20.3 Å². The molecule has 4 nitrogen and oxygen atoms in total. The van der Waals surface area contributed by atoms with Gasteiger partial charge in [0.2, 0.25) is 0 Å². The summed E-state index contributed by atoms with van der Waals surface area (Å²) in [5.41, 5.74) is 1.83. The van der Waals surface area contributed by atoms with Crippen LogP contribution in [0.5, 0.6) is 0 Å². The van der Waals surface area contributed by atoms with E-state index in [0.29, 0.717) is 5.02 Å². The Morgan fingerprint density at radius 3 is 2.85 bits per heavy atom. The first-order valence-corrected chi connectivity index (χ1v) is 7.04. The Hall–Kier alpha value is -1.46. The predicted molar refractivity (Wildman–Crippen MR) is 77.8 cm³/mol. The first-order valence-electron chi connectivity index (χ1n) is 6.66. The van der Waals surface area contributed by atoms with Crippen LogP contribution in [0.3, 0.4) is 0 Å². The molecule has 0 saturated heterocycles. The Balaban J connectivity index is 2.38. The summed E-state index contributed by atoms with van der Waals surface area (Å²) in [4.78, 5) is 0. The highest BCUT2D eigenvalue weighted by Crippen LogP contribution is 2.25. The summed E-state index contributed by atoms with van der Waals surface area (Å²) in [5.74, 6) is -0.411. The fourth-order valence-electron chi connectivity index (χ4n) is 2.10. The number of aromatic nitrogens is 3. The summed E-state index contributed by atoms with van der Waals surface area (Å²) in [6, 6.07) is 4.63. The van der Waals surface area contributed by atoms with E-state index in [1.165, 1.54) is 10.7 Å². The van der Waals surface area contributed by atoms with E-state index in [1.54, 1.807) is 12.1 Å². The lowest BCUT2D eigenvalue weighted by molar-refractivity contribution is 0.555. The molecular weight excluding hydrogens is 279 g/mol. The van der Waals surface area contributed by atoms with Gasteiger partial charge in [-0.2, -0.15) is 0 Å². The van der Waals surface area contributed by atoms with Crippen LogP contribution in [0.1, 0.15) is 37.7 Å². The van der Waals surface area contributed by atoms with Crippen LogP contribution < -0.4 is 5.32 Å². The van der Waals surface area contributed by atoms with Crippen LogP contribution in [0.2, 0.25) is 5.02 Å². The van der Waals surface area contributed by atoms with Crippen LogP contribution in [0, 0.1) is 12.7 Å². The molecule has 0 spiro atoms. The average molecular weight is 297 g/mol. The number of benzene rings is 1. The smallest absolute Gasteiger partial charge is 0.150 e. The minimum atomic E-state index is -0.411. The maximum Gasteiger partial charge on any atom is 0.150 e. The lowest BCUT2D eigenvalue weighted by Crippen LogP contribution is -2.20. The van der Waals surface area contributed by atoms with E-state index >= 15 is 0 Å². The summed E-state index contributed by atoms with van der Waals surface area (Å²) < 4.78 is 15.4.